The summed E-state index contributed by atoms with van der Waals surface area (Å²) in [5, 5.41) is 3.58. The van der Waals surface area contributed by atoms with E-state index in [1.165, 1.54) is 0 Å². The average molecular weight is 395 g/mol. The minimum absolute atomic E-state index is 0.229. The van der Waals surface area contributed by atoms with E-state index in [-0.39, 0.29) is 29.9 Å². The maximum Gasteiger partial charge on any atom is 0.258 e. The number of nitrogens with one attached hydrogen (secondary N) is 1. The van der Waals surface area contributed by atoms with Gasteiger partial charge in [0.1, 0.15) is 5.75 Å². The first-order valence-corrected chi connectivity index (χ1v) is 9.04. The van der Waals surface area contributed by atoms with E-state index in [0.29, 0.717) is 5.02 Å². The van der Waals surface area contributed by atoms with Crippen LogP contribution in [0, 0.1) is 0 Å². The molecule has 0 saturated carbocycles. The molecule has 1 unspecified atom stereocenters. The lowest BCUT2D eigenvalue weighted by Crippen LogP contribution is -2.33. The van der Waals surface area contributed by atoms with Gasteiger partial charge in [0.25, 0.3) is 11.8 Å². The number of ether oxygens (including phenoxy) is 1. The summed E-state index contributed by atoms with van der Waals surface area (Å²) in [4.78, 5) is 24.0. The summed E-state index contributed by atoms with van der Waals surface area (Å²) in [6.45, 7) is -0.249. The lowest BCUT2D eigenvalue weighted by Gasteiger charge is -2.20. The summed E-state index contributed by atoms with van der Waals surface area (Å²) >= 11 is 5.98. The van der Waals surface area contributed by atoms with Gasteiger partial charge < -0.3 is 15.8 Å². The van der Waals surface area contributed by atoms with Crippen LogP contribution in [-0.2, 0) is 4.79 Å². The smallest absolute Gasteiger partial charge is 0.258 e. The second-order valence-corrected chi connectivity index (χ2v) is 6.55. The van der Waals surface area contributed by atoms with Gasteiger partial charge in [-0.1, -0.05) is 66.2 Å². The number of amides is 2. The Morgan fingerprint density at radius 2 is 1.50 bits per heavy atom. The van der Waals surface area contributed by atoms with Gasteiger partial charge in [-0.3, -0.25) is 9.59 Å². The molecule has 3 aromatic carbocycles. The fraction of sp³-hybridized carbons (Fsp3) is 0.0909. The molecule has 0 bridgehead atoms. The fourth-order valence-electron chi connectivity index (χ4n) is 2.80. The molecule has 1 atom stereocenters. The highest BCUT2D eigenvalue weighted by Gasteiger charge is 2.18. The van der Waals surface area contributed by atoms with Gasteiger partial charge in [0, 0.05) is 5.02 Å². The summed E-state index contributed by atoms with van der Waals surface area (Å²) in [5.74, 6) is -0.671. The molecule has 3 aromatic rings. The average Bonchev–Trinajstić information content (AvgIpc) is 2.72. The largest absolute Gasteiger partial charge is 0.483 e. The van der Waals surface area contributed by atoms with Gasteiger partial charge in [-0.05, 0) is 35.4 Å². The maximum absolute atomic E-state index is 12.5. The number of nitrogens with two attached hydrogens (primary N) is 1. The maximum atomic E-state index is 12.5. The number of primary amides is 1. The zero-order chi connectivity index (χ0) is 19.9. The van der Waals surface area contributed by atoms with E-state index in [9.17, 15) is 9.59 Å². The standard InChI is InChI=1S/C22H19ClN2O3/c23-17-12-10-16(11-13-17)21(15-6-2-1-3-7-15)25-20(26)14-28-19-9-5-4-8-18(19)22(24)27/h1-13,21H,14H2,(H2,24,27)(H,25,26). The monoisotopic (exact) mass is 394 g/mol. The van der Waals surface area contributed by atoms with Crippen molar-refractivity contribution in [2.24, 2.45) is 5.73 Å². The molecule has 0 spiro atoms. The summed E-state index contributed by atoms with van der Waals surface area (Å²) < 4.78 is 5.52. The van der Waals surface area contributed by atoms with E-state index >= 15 is 0 Å². The first kappa shape index (κ1) is 19.5. The van der Waals surface area contributed by atoms with Crippen molar-refractivity contribution in [1.82, 2.24) is 5.32 Å². The minimum atomic E-state index is -0.612. The van der Waals surface area contributed by atoms with Gasteiger partial charge in [0.05, 0.1) is 11.6 Å². The Kier molecular flexibility index (Phi) is 6.29. The van der Waals surface area contributed by atoms with E-state index in [1.807, 2.05) is 42.5 Å². The van der Waals surface area contributed by atoms with Crippen molar-refractivity contribution >= 4 is 23.4 Å². The van der Waals surface area contributed by atoms with Crippen LogP contribution >= 0.6 is 11.6 Å². The van der Waals surface area contributed by atoms with Crippen molar-refractivity contribution in [3.63, 3.8) is 0 Å². The van der Waals surface area contributed by atoms with Gasteiger partial charge in [0.2, 0.25) is 0 Å². The highest BCUT2D eigenvalue weighted by atomic mass is 35.5. The lowest BCUT2D eigenvalue weighted by molar-refractivity contribution is -0.123. The summed E-state index contributed by atoms with van der Waals surface area (Å²) in [6, 6.07) is 23.1. The molecule has 0 radical (unpaired) electrons. The van der Waals surface area contributed by atoms with E-state index in [4.69, 9.17) is 22.1 Å². The first-order valence-electron chi connectivity index (χ1n) is 8.66. The summed E-state index contributed by atoms with van der Waals surface area (Å²) in [7, 11) is 0. The predicted octanol–water partition coefficient (Wildman–Crippen LogP) is 3.72. The molecule has 3 rings (SSSR count). The van der Waals surface area contributed by atoms with Crippen molar-refractivity contribution in [3.05, 3.63) is 101 Å². The number of carbonyl (C=O) groups excluding carboxylic acids is 2. The van der Waals surface area contributed by atoms with E-state index in [1.54, 1.807) is 36.4 Å². The van der Waals surface area contributed by atoms with Crippen molar-refractivity contribution in [3.8, 4) is 5.75 Å². The topological polar surface area (TPSA) is 81.4 Å². The van der Waals surface area contributed by atoms with Crippen LogP contribution in [0.15, 0.2) is 78.9 Å². The normalized spacial score (nSPS) is 11.5. The Balaban J connectivity index is 1.75. The van der Waals surface area contributed by atoms with Crippen LogP contribution in [0.5, 0.6) is 5.75 Å². The zero-order valence-corrected chi connectivity index (χ0v) is 15.7. The van der Waals surface area contributed by atoms with Crippen molar-refractivity contribution in [1.29, 1.82) is 0 Å². The Morgan fingerprint density at radius 3 is 2.18 bits per heavy atom. The zero-order valence-electron chi connectivity index (χ0n) is 15.0. The highest BCUT2D eigenvalue weighted by Crippen LogP contribution is 2.24. The van der Waals surface area contributed by atoms with Gasteiger partial charge >= 0.3 is 0 Å². The van der Waals surface area contributed by atoms with Gasteiger partial charge in [0.15, 0.2) is 6.61 Å². The van der Waals surface area contributed by atoms with Crippen LogP contribution in [-0.4, -0.2) is 18.4 Å². The molecule has 142 valence electrons. The third-order valence-electron chi connectivity index (χ3n) is 4.15. The second-order valence-electron chi connectivity index (χ2n) is 6.11. The number of hydrogen-bond donors (Lipinski definition) is 2. The van der Waals surface area contributed by atoms with E-state index < -0.39 is 5.91 Å². The Labute approximate surface area is 168 Å². The van der Waals surface area contributed by atoms with Crippen LogP contribution in [0.25, 0.3) is 0 Å². The third kappa shape index (κ3) is 4.90. The van der Waals surface area contributed by atoms with Crippen LogP contribution in [0.2, 0.25) is 5.02 Å². The molecule has 0 saturated heterocycles. The summed E-state index contributed by atoms with van der Waals surface area (Å²) in [5.41, 5.74) is 7.38. The van der Waals surface area contributed by atoms with Crippen LogP contribution in [0.3, 0.4) is 0 Å². The first-order chi connectivity index (χ1) is 13.5. The molecule has 0 aliphatic heterocycles. The number of rotatable bonds is 7. The Bertz CT molecular complexity index is 959. The van der Waals surface area contributed by atoms with Gasteiger partial charge in [-0.25, -0.2) is 0 Å². The molecule has 5 nitrogen and oxygen atoms in total. The molecule has 3 N–H and O–H groups in total. The third-order valence-corrected chi connectivity index (χ3v) is 4.40. The molecular formula is C22H19ClN2O3. The molecule has 0 aliphatic carbocycles. The van der Waals surface area contributed by atoms with Gasteiger partial charge in [-0.15, -0.1) is 0 Å². The van der Waals surface area contributed by atoms with Crippen LogP contribution in [0.1, 0.15) is 27.5 Å². The molecular weight excluding hydrogens is 376 g/mol. The minimum Gasteiger partial charge on any atom is -0.483 e. The van der Waals surface area contributed by atoms with E-state index in [0.717, 1.165) is 11.1 Å². The van der Waals surface area contributed by atoms with Crippen molar-refractivity contribution in [2.45, 2.75) is 6.04 Å². The van der Waals surface area contributed by atoms with E-state index in [2.05, 4.69) is 5.32 Å². The molecule has 0 aliphatic rings. The molecule has 28 heavy (non-hydrogen) atoms. The van der Waals surface area contributed by atoms with Crippen LogP contribution in [0.4, 0.5) is 0 Å². The number of para-hydroxylation sites is 1. The molecule has 0 fully saturated rings. The van der Waals surface area contributed by atoms with Gasteiger partial charge in [-0.2, -0.15) is 0 Å². The number of carbonyl (C=O) groups is 2. The Morgan fingerprint density at radius 1 is 0.893 bits per heavy atom. The Hall–Kier alpha value is -3.31. The predicted molar refractivity (Wildman–Crippen MR) is 108 cm³/mol. The SMILES string of the molecule is NC(=O)c1ccccc1OCC(=O)NC(c1ccccc1)c1ccc(Cl)cc1. The molecule has 0 aromatic heterocycles. The molecule has 0 heterocycles. The summed E-state index contributed by atoms with van der Waals surface area (Å²) in [6.07, 6.45) is 0. The molecule has 6 heteroatoms. The second kappa shape index (κ2) is 9.06. The number of benzene rings is 3. The number of hydrogen-bond acceptors (Lipinski definition) is 3. The highest BCUT2D eigenvalue weighted by molar-refractivity contribution is 6.30. The van der Waals surface area contributed by atoms with Crippen molar-refractivity contribution < 1.29 is 14.3 Å². The lowest BCUT2D eigenvalue weighted by atomic mass is 9.99. The molecule has 2 amide bonds. The number of halogens is 1. The fourth-order valence-corrected chi connectivity index (χ4v) is 2.93. The quantitative estimate of drug-likeness (QED) is 0.640. The van der Waals surface area contributed by atoms with Crippen molar-refractivity contribution in [2.75, 3.05) is 6.61 Å². The van der Waals surface area contributed by atoms with Crippen LogP contribution < -0.4 is 15.8 Å².